The first-order valence-corrected chi connectivity index (χ1v) is 10.8. The van der Waals surface area contributed by atoms with E-state index in [0.29, 0.717) is 11.4 Å². The minimum Gasteiger partial charge on any atom is -0.335 e. The van der Waals surface area contributed by atoms with Crippen molar-refractivity contribution in [3.05, 3.63) is 84.1 Å². The second-order valence-corrected chi connectivity index (χ2v) is 7.88. The fourth-order valence-corrected chi connectivity index (χ4v) is 3.78. The van der Waals surface area contributed by atoms with Crippen LogP contribution in [0.3, 0.4) is 0 Å². The molecule has 1 fully saturated rings. The van der Waals surface area contributed by atoms with E-state index >= 15 is 0 Å². The predicted molar refractivity (Wildman–Crippen MR) is 122 cm³/mol. The van der Waals surface area contributed by atoms with Crippen LogP contribution in [-0.4, -0.2) is 58.7 Å². The number of aromatic nitrogens is 1. The van der Waals surface area contributed by atoms with Crippen LogP contribution < -0.4 is 5.32 Å². The first-order valence-electron chi connectivity index (χ1n) is 10.8. The number of rotatable bonds is 3. The Morgan fingerprint density at radius 3 is 2.06 bits per heavy atom. The van der Waals surface area contributed by atoms with Crippen LogP contribution >= 0.6 is 0 Å². The first kappa shape index (κ1) is 23.9. The normalized spacial score (nSPS) is 13.9. The number of piperazine rings is 1. The maximum Gasteiger partial charge on any atom is 0.417 e. The lowest BCUT2D eigenvalue weighted by molar-refractivity contribution is -0.144. The Morgan fingerprint density at radius 1 is 0.800 bits per heavy atom. The summed E-state index contributed by atoms with van der Waals surface area (Å²) in [6, 6.07) is 17.4. The van der Waals surface area contributed by atoms with Crippen LogP contribution in [-0.2, 0) is 15.8 Å². The summed E-state index contributed by atoms with van der Waals surface area (Å²) in [6.45, 7) is 0.0729. The molecule has 180 valence electrons. The monoisotopic (exact) mass is 482 g/mol. The number of nitrogens with zero attached hydrogens (tertiary/aromatic N) is 3. The number of hydrogen-bond donors (Lipinski definition) is 1. The maximum atomic E-state index is 13.2. The van der Waals surface area contributed by atoms with Crippen LogP contribution in [0.2, 0.25) is 0 Å². The molecule has 3 amide bonds. The van der Waals surface area contributed by atoms with Crippen molar-refractivity contribution in [2.24, 2.45) is 0 Å². The largest absolute Gasteiger partial charge is 0.417 e. The second kappa shape index (κ2) is 9.96. The topological polar surface area (TPSA) is 82.6 Å². The van der Waals surface area contributed by atoms with Gasteiger partial charge in [-0.25, -0.2) is 0 Å². The molecule has 10 heteroatoms. The van der Waals surface area contributed by atoms with Crippen molar-refractivity contribution in [1.82, 2.24) is 14.8 Å². The summed E-state index contributed by atoms with van der Waals surface area (Å²) in [6.07, 6.45) is -3.21. The van der Waals surface area contributed by atoms with Gasteiger partial charge in [0, 0.05) is 31.7 Å². The molecule has 1 aliphatic rings. The highest BCUT2D eigenvalue weighted by atomic mass is 19.4. The van der Waals surface area contributed by atoms with E-state index in [0.717, 1.165) is 17.7 Å². The predicted octanol–water partition coefficient (Wildman–Crippen LogP) is 3.69. The van der Waals surface area contributed by atoms with E-state index < -0.39 is 35.0 Å². The maximum absolute atomic E-state index is 13.2. The Labute approximate surface area is 199 Å². The summed E-state index contributed by atoms with van der Waals surface area (Å²) in [4.78, 5) is 44.5. The molecule has 4 rings (SSSR count). The molecular weight excluding hydrogens is 461 g/mol. The highest BCUT2D eigenvalue weighted by Gasteiger charge is 2.37. The molecule has 7 nitrogen and oxygen atoms in total. The van der Waals surface area contributed by atoms with Gasteiger partial charge < -0.3 is 15.1 Å². The van der Waals surface area contributed by atoms with Crippen molar-refractivity contribution in [2.45, 2.75) is 6.18 Å². The molecule has 0 aliphatic carbocycles. The van der Waals surface area contributed by atoms with Gasteiger partial charge in [0.2, 0.25) is 0 Å². The summed E-state index contributed by atoms with van der Waals surface area (Å²) < 4.78 is 39.7. The van der Waals surface area contributed by atoms with E-state index in [-0.39, 0.29) is 26.2 Å². The number of alkyl halides is 3. The molecule has 0 bridgehead atoms. The van der Waals surface area contributed by atoms with Crippen molar-refractivity contribution >= 4 is 23.4 Å². The highest BCUT2D eigenvalue weighted by Crippen LogP contribution is 2.32. The molecule has 0 spiro atoms. The molecule has 3 aromatic rings. The van der Waals surface area contributed by atoms with Gasteiger partial charge in [-0.3, -0.25) is 19.4 Å². The molecule has 35 heavy (non-hydrogen) atoms. The third kappa shape index (κ3) is 5.48. The van der Waals surface area contributed by atoms with Crippen molar-refractivity contribution in [3.63, 3.8) is 0 Å². The number of hydrogen-bond acceptors (Lipinski definition) is 4. The van der Waals surface area contributed by atoms with Crippen LogP contribution in [0.1, 0.15) is 15.9 Å². The minimum absolute atomic E-state index is 0.0113. The summed E-state index contributed by atoms with van der Waals surface area (Å²) in [5.74, 6) is -2.42. The Balaban J connectivity index is 1.34. The molecule has 2 heterocycles. The van der Waals surface area contributed by atoms with Crippen molar-refractivity contribution < 1.29 is 27.6 Å². The molecule has 1 aliphatic heterocycles. The summed E-state index contributed by atoms with van der Waals surface area (Å²) >= 11 is 0. The molecule has 0 atom stereocenters. The van der Waals surface area contributed by atoms with Gasteiger partial charge >= 0.3 is 18.0 Å². The number of nitrogens with one attached hydrogen (secondary N) is 1. The number of anilines is 1. The Kier molecular flexibility index (Phi) is 6.81. The van der Waals surface area contributed by atoms with Gasteiger partial charge in [-0.2, -0.15) is 13.2 Å². The van der Waals surface area contributed by atoms with Crippen LogP contribution in [0, 0.1) is 0 Å². The summed E-state index contributed by atoms with van der Waals surface area (Å²) in [7, 11) is 0. The zero-order chi connectivity index (χ0) is 25.0. The fourth-order valence-electron chi connectivity index (χ4n) is 3.78. The van der Waals surface area contributed by atoms with Gasteiger partial charge in [0.1, 0.15) is 0 Å². The first-order chi connectivity index (χ1) is 16.7. The summed E-state index contributed by atoms with van der Waals surface area (Å²) in [5.41, 5.74) is 0.522. The van der Waals surface area contributed by atoms with E-state index in [1.54, 1.807) is 12.1 Å². The van der Waals surface area contributed by atoms with Crippen molar-refractivity contribution in [2.75, 3.05) is 31.5 Å². The Bertz CT molecular complexity index is 1220. The van der Waals surface area contributed by atoms with Gasteiger partial charge in [0.05, 0.1) is 28.7 Å². The Hall–Kier alpha value is -4.21. The zero-order valence-electron chi connectivity index (χ0n) is 18.5. The molecule has 1 N–H and O–H groups in total. The number of halogens is 3. The number of amides is 3. The molecule has 2 aromatic carbocycles. The number of benzene rings is 2. The van der Waals surface area contributed by atoms with E-state index in [9.17, 15) is 27.6 Å². The quantitative estimate of drug-likeness (QED) is 0.578. The highest BCUT2D eigenvalue weighted by molar-refractivity contribution is 6.39. The van der Waals surface area contributed by atoms with Gasteiger partial charge in [0.25, 0.3) is 5.91 Å². The molecular formula is C25H21F3N4O3. The average Bonchev–Trinajstić information content (AvgIpc) is 2.88. The van der Waals surface area contributed by atoms with Crippen LogP contribution in [0.15, 0.2) is 72.9 Å². The number of carbonyl (C=O) groups excluding carboxylic acids is 3. The lowest BCUT2D eigenvalue weighted by Gasteiger charge is -2.34. The fraction of sp³-hybridized carbons (Fsp3) is 0.200. The third-order valence-electron chi connectivity index (χ3n) is 5.60. The van der Waals surface area contributed by atoms with E-state index in [2.05, 4.69) is 10.3 Å². The van der Waals surface area contributed by atoms with Crippen molar-refractivity contribution in [3.8, 4) is 11.3 Å². The zero-order valence-corrected chi connectivity index (χ0v) is 18.5. The van der Waals surface area contributed by atoms with Gasteiger partial charge in [-0.05, 0) is 24.3 Å². The smallest absolute Gasteiger partial charge is 0.335 e. The molecule has 1 saturated heterocycles. The lowest BCUT2D eigenvalue weighted by atomic mass is 10.1. The summed E-state index contributed by atoms with van der Waals surface area (Å²) in [5, 5.41) is 2.50. The molecule has 0 saturated carbocycles. The van der Waals surface area contributed by atoms with Gasteiger partial charge in [0.15, 0.2) is 0 Å². The SMILES string of the molecule is O=C(Nc1ccc(-c2ccccc2)nc1)C(=O)N1CCN(C(=O)c2ccccc2C(F)(F)F)CC1. The van der Waals surface area contributed by atoms with Gasteiger partial charge in [-0.15, -0.1) is 0 Å². The number of carbonyl (C=O) groups is 3. The van der Waals surface area contributed by atoms with E-state index in [4.69, 9.17) is 0 Å². The minimum atomic E-state index is -4.66. The van der Waals surface area contributed by atoms with Crippen LogP contribution in [0.4, 0.5) is 18.9 Å². The Morgan fingerprint density at radius 2 is 1.43 bits per heavy atom. The molecule has 0 unspecified atom stereocenters. The van der Waals surface area contributed by atoms with Crippen LogP contribution in [0.5, 0.6) is 0 Å². The van der Waals surface area contributed by atoms with E-state index in [1.807, 2.05) is 30.3 Å². The lowest BCUT2D eigenvalue weighted by Crippen LogP contribution is -2.53. The van der Waals surface area contributed by atoms with Gasteiger partial charge in [-0.1, -0.05) is 42.5 Å². The molecule has 0 radical (unpaired) electrons. The van der Waals surface area contributed by atoms with Crippen LogP contribution in [0.25, 0.3) is 11.3 Å². The second-order valence-electron chi connectivity index (χ2n) is 7.88. The van der Waals surface area contributed by atoms with Crippen molar-refractivity contribution in [1.29, 1.82) is 0 Å². The third-order valence-corrected chi connectivity index (χ3v) is 5.60. The van der Waals surface area contributed by atoms with E-state index in [1.165, 1.54) is 28.1 Å². The average molecular weight is 482 g/mol. The standard InChI is InChI=1S/C25H21F3N4O3/c26-25(27,28)20-9-5-4-8-19(20)23(34)31-12-14-32(15-13-31)24(35)22(33)30-18-10-11-21(29-16-18)17-6-2-1-3-7-17/h1-11,16H,12-15H2,(H,30,33). The molecule has 1 aromatic heterocycles. The number of pyridine rings is 1.